The summed E-state index contributed by atoms with van der Waals surface area (Å²) in [5.74, 6) is 0.898. The predicted molar refractivity (Wildman–Crippen MR) is 94.6 cm³/mol. The summed E-state index contributed by atoms with van der Waals surface area (Å²) in [4.78, 5) is 0. The summed E-state index contributed by atoms with van der Waals surface area (Å²) in [6.45, 7) is 6.58. The van der Waals surface area contributed by atoms with E-state index in [1.807, 2.05) is 18.2 Å². The van der Waals surface area contributed by atoms with Gasteiger partial charge in [-0.2, -0.15) is 5.26 Å². The molecule has 2 nitrogen and oxygen atoms in total. The van der Waals surface area contributed by atoms with Gasteiger partial charge in [0.25, 0.3) is 0 Å². The van der Waals surface area contributed by atoms with Crippen molar-refractivity contribution in [1.82, 2.24) is 0 Å². The summed E-state index contributed by atoms with van der Waals surface area (Å²) >= 11 is 0. The maximum Gasteiger partial charge on any atom is 0.0991 e. The van der Waals surface area contributed by atoms with E-state index in [1.165, 1.54) is 19.3 Å². The van der Waals surface area contributed by atoms with Crippen molar-refractivity contribution in [3.63, 3.8) is 0 Å². The van der Waals surface area contributed by atoms with E-state index in [0.717, 1.165) is 23.6 Å². The van der Waals surface area contributed by atoms with E-state index in [2.05, 4.69) is 32.9 Å². The maximum absolute atomic E-state index is 9.06. The summed E-state index contributed by atoms with van der Waals surface area (Å²) < 4.78 is 4.94. The van der Waals surface area contributed by atoms with Crippen LogP contribution in [-0.2, 0) is 0 Å². The molecular formula is C17H22N2S2. The van der Waals surface area contributed by atoms with Gasteiger partial charge in [0.05, 0.1) is 17.3 Å². The van der Waals surface area contributed by atoms with E-state index < -0.39 is 0 Å². The summed E-state index contributed by atoms with van der Waals surface area (Å²) in [6, 6.07) is 10.0. The van der Waals surface area contributed by atoms with E-state index >= 15 is 0 Å². The molecule has 0 aliphatic heterocycles. The lowest BCUT2D eigenvalue weighted by Crippen LogP contribution is -2.05. The van der Waals surface area contributed by atoms with E-state index in [4.69, 9.17) is 9.66 Å². The fourth-order valence-corrected chi connectivity index (χ4v) is 3.53. The summed E-state index contributed by atoms with van der Waals surface area (Å²) in [6.07, 6.45) is 4.97. The van der Waals surface area contributed by atoms with Crippen molar-refractivity contribution >= 4 is 27.5 Å². The van der Waals surface area contributed by atoms with Gasteiger partial charge in [0, 0.05) is 15.7 Å². The molecule has 21 heavy (non-hydrogen) atoms. The highest BCUT2D eigenvalue weighted by molar-refractivity contribution is 8.76. The van der Waals surface area contributed by atoms with Crippen molar-refractivity contribution in [3.8, 4) is 6.07 Å². The van der Waals surface area contributed by atoms with Gasteiger partial charge < -0.3 is 0 Å². The first kappa shape index (κ1) is 16.5. The van der Waals surface area contributed by atoms with Gasteiger partial charge in [-0.05, 0) is 36.5 Å². The van der Waals surface area contributed by atoms with Crippen LogP contribution in [0.25, 0.3) is 0 Å². The molecule has 0 atom stereocenters. The van der Waals surface area contributed by atoms with Crippen LogP contribution in [0.2, 0.25) is 0 Å². The van der Waals surface area contributed by atoms with E-state index in [1.54, 1.807) is 21.8 Å². The fraction of sp³-hybridized carbons (Fsp3) is 0.529. The molecule has 0 heterocycles. The van der Waals surface area contributed by atoms with Gasteiger partial charge in [-0.1, -0.05) is 56.5 Å². The molecule has 1 aromatic rings. The highest BCUT2D eigenvalue weighted by Crippen LogP contribution is 2.37. The van der Waals surface area contributed by atoms with Crippen molar-refractivity contribution in [2.45, 2.75) is 51.2 Å². The zero-order valence-corrected chi connectivity index (χ0v) is 14.6. The third-order valence-electron chi connectivity index (χ3n) is 3.25. The monoisotopic (exact) mass is 318 g/mol. The Labute approximate surface area is 136 Å². The van der Waals surface area contributed by atoms with Gasteiger partial charge in [0.1, 0.15) is 0 Å². The molecule has 1 fully saturated rings. The quantitative estimate of drug-likeness (QED) is 0.387. The number of benzene rings is 1. The second-order valence-electron chi connectivity index (χ2n) is 6.48. The lowest BCUT2D eigenvalue weighted by Gasteiger charge is -2.14. The van der Waals surface area contributed by atoms with Gasteiger partial charge in [-0.15, -0.1) is 0 Å². The van der Waals surface area contributed by atoms with Crippen LogP contribution >= 0.6 is 21.8 Å². The van der Waals surface area contributed by atoms with Gasteiger partial charge in [-0.25, -0.2) is 4.40 Å². The molecular weight excluding hydrogens is 296 g/mol. The molecule has 1 aromatic carbocycles. The molecule has 1 aliphatic carbocycles. The number of nitriles is 1. The second kappa shape index (κ2) is 7.38. The molecule has 0 unspecified atom stereocenters. The highest BCUT2D eigenvalue weighted by atomic mass is 33.1. The molecule has 0 N–H and O–H groups in total. The van der Waals surface area contributed by atoms with E-state index in [-0.39, 0.29) is 4.75 Å². The van der Waals surface area contributed by atoms with Gasteiger partial charge >= 0.3 is 0 Å². The number of hydrogen-bond acceptors (Lipinski definition) is 4. The number of rotatable bonds is 6. The predicted octanol–water partition coefficient (Wildman–Crippen LogP) is 5.63. The van der Waals surface area contributed by atoms with E-state index in [0.29, 0.717) is 5.56 Å². The van der Waals surface area contributed by atoms with Crippen LogP contribution in [0.3, 0.4) is 0 Å². The molecule has 1 saturated carbocycles. The van der Waals surface area contributed by atoms with Crippen LogP contribution in [0.15, 0.2) is 28.7 Å². The molecule has 0 bridgehead atoms. The lowest BCUT2D eigenvalue weighted by molar-refractivity contribution is 0.759. The summed E-state index contributed by atoms with van der Waals surface area (Å²) in [7, 11) is 3.35. The van der Waals surface area contributed by atoms with Crippen LogP contribution in [-0.4, -0.2) is 10.5 Å². The molecule has 0 radical (unpaired) electrons. The van der Waals surface area contributed by atoms with Crippen LogP contribution in [0.5, 0.6) is 0 Å². The molecule has 112 valence electrons. The minimum Gasteiger partial charge on any atom is -0.209 e. The maximum atomic E-state index is 9.06. The molecule has 0 spiro atoms. The van der Waals surface area contributed by atoms with Crippen LogP contribution in [0.4, 0.5) is 0 Å². The summed E-state index contributed by atoms with van der Waals surface area (Å²) in [5, 5.41) is 9.06. The van der Waals surface area contributed by atoms with Crippen molar-refractivity contribution < 1.29 is 0 Å². The second-order valence-corrected chi connectivity index (χ2v) is 9.15. The Morgan fingerprint density at radius 1 is 1.38 bits per heavy atom. The normalized spacial score (nSPS) is 15.8. The third-order valence-corrected chi connectivity index (χ3v) is 6.06. The van der Waals surface area contributed by atoms with Crippen molar-refractivity contribution in [3.05, 3.63) is 35.4 Å². The fourth-order valence-electron chi connectivity index (χ4n) is 1.93. The first-order chi connectivity index (χ1) is 9.98. The minimum absolute atomic E-state index is 0.199. The van der Waals surface area contributed by atoms with Crippen molar-refractivity contribution in [2.75, 3.05) is 0 Å². The molecule has 1 aliphatic rings. The lowest BCUT2D eigenvalue weighted by atomic mass is 10.0. The van der Waals surface area contributed by atoms with Gasteiger partial charge in [-0.3, -0.25) is 0 Å². The molecule has 4 heteroatoms. The van der Waals surface area contributed by atoms with Crippen LogP contribution < -0.4 is 0 Å². The number of hydrogen-bond donors (Lipinski definition) is 0. The molecule has 0 amide bonds. The van der Waals surface area contributed by atoms with Crippen molar-refractivity contribution in [1.29, 1.82) is 5.26 Å². The highest BCUT2D eigenvalue weighted by Gasteiger charge is 2.22. The van der Waals surface area contributed by atoms with Crippen molar-refractivity contribution in [2.24, 2.45) is 10.3 Å². The van der Waals surface area contributed by atoms with Crippen LogP contribution in [0, 0.1) is 17.2 Å². The average molecular weight is 319 g/mol. The zero-order chi connectivity index (χ0) is 15.3. The Kier molecular flexibility index (Phi) is 5.78. The number of nitrogens with zero attached hydrogens (tertiary/aromatic N) is 2. The smallest absolute Gasteiger partial charge is 0.0991 e. The topological polar surface area (TPSA) is 36.1 Å². The Bertz CT molecular complexity index is 549. The molecule has 2 rings (SSSR count). The minimum atomic E-state index is 0.199. The Balaban J connectivity index is 2.09. The Morgan fingerprint density at radius 2 is 2.14 bits per heavy atom. The van der Waals surface area contributed by atoms with Crippen LogP contribution in [0.1, 0.15) is 57.6 Å². The average Bonchev–Trinajstić information content (AvgIpc) is 3.25. The first-order valence-electron chi connectivity index (χ1n) is 7.40. The molecule has 0 saturated heterocycles. The van der Waals surface area contributed by atoms with Gasteiger partial charge in [0.15, 0.2) is 0 Å². The Morgan fingerprint density at radius 3 is 2.76 bits per heavy atom. The van der Waals surface area contributed by atoms with E-state index in [9.17, 15) is 0 Å². The summed E-state index contributed by atoms with van der Waals surface area (Å²) in [5.41, 5.74) is 2.93. The largest absolute Gasteiger partial charge is 0.209 e. The first-order valence-corrected chi connectivity index (χ1v) is 9.51. The SMILES string of the molecule is CC(C)(C)SS/N=C(\CCC1CC1)c1cccc(C#N)c1. The molecule has 0 aromatic heterocycles. The van der Waals surface area contributed by atoms with Gasteiger partial charge in [0.2, 0.25) is 0 Å². The standard InChI is InChI=1S/C17H22N2S2/c1-17(2,3)20-21-19-16(10-9-13-7-8-13)15-6-4-5-14(11-15)12-18/h4-6,11,13H,7-10H2,1-3H3/b19-16+. The Hall–Kier alpha value is -0.920. The zero-order valence-electron chi connectivity index (χ0n) is 12.9. The third kappa shape index (κ3) is 6.15.